The van der Waals surface area contributed by atoms with E-state index in [9.17, 15) is 14.0 Å². The van der Waals surface area contributed by atoms with Crippen molar-refractivity contribution in [3.05, 3.63) is 23.0 Å². The molecule has 0 aromatic heterocycles. The number of ether oxygens (including phenoxy) is 1. The van der Waals surface area contributed by atoms with Crippen LogP contribution in [0.1, 0.15) is 60.3 Å². The van der Waals surface area contributed by atoms with Crippen LogP contribution in [-0.4, -0.2) is 23.7 Å². The van der Waals surface area contributed by atoms with Gasteiger partial charge in [-0.05, 0) is 37.3 Å². The van der Waals surface area contributed by atoms with Crippen LogP contribution in [0.4, 0.5) is 10.1 Å². The fourth-order valence-electron chi connectivity index (χ4n) is 2.59. The monoisotopic (exact) mass is 431 g/mol. The van der Waals surface area contributed by atoms with Crippen molar-refractivity contribution < 1.29 is 18.7 Å². The van der Waals surface area contributed by atoms with E-state index < -0.39 is 11.1 Å². The molecular formula is C21H31ClFNO3S. The van der Waals surface area contributed by atoms with Gasteiger partial charge in [-0.1, -0.05) is 52.6 Å². The van der Waals surface area contributed by atoms with E-state index in [1.807, 2.05) is 34.6 Å². The number of hydrogen-bond donors (Lipinski definition) is 1. The van der Waals surface area contributed by atoms with Gasteiger partial charge in [0.15, 0.2) is 0 Å². The summed E-state index contributed by atoms with van der Waals surface area (Å²) < 4.78 is 19.7. The molecule has 0 aliphatic rings. The molecule has 4 nitrogen and oxygen atoms in total. The van der Waals surface area contributed by atoms with Crippen LogP contribution in [0, 0.1) is 17.7 Å². The fraction of sp³-hybridized carbons (Fsp3) is 0.619. The van der Waals surface area contributed by atoms with E-state index in [4.69, 9.17) is 16.3 Å². The third-order valence-corrected chi connectivity index (χ3v) is 6.01. The maximum absolute atomic E-state index is 14.3. The molecule has 1 unspecified atom stereocenters. The Labute approximate surface area is 176 Å². The number of carbonyl (C=O) groups is 2. The van der Waals surface area contributed by atoms with E-state index >= 15 is 0 Å². The molecule has 1 amide bonds. The second-order valence-corrected chi connectivity index (χ2v) is 8.84. The highest BCUT2D eigenvalue weighted by Gasteiger charge is 2.24. The summed E-state index contributed by atoms with van der Waals surface area (Å²) in [7, 11) is 0. The van der Waals surface area contributed by atoms with Crippen LogP contribution >= 0.6 is 23.4 Å². The lowest BCUT2D eigenvalue weighted by Gasteiger charge is -2.18. The summed E-state index contributed by atoms with van der Waals surface area (Å²) in [6, 6.07) is 2.68. The average molecular weight is 432 g/mol. The summed E-state index contributed by atoms with van der Waals surface area (Å²) in [4.78, 5) is 25.3. The van der Waals surface area contributed by atoms with Crippen molar-refractivity contribution in [2.45, 2.75) is 70.4 Å². The third kappa shape index (κ3) is 7.63. The van der Waals surface area contributed by atoms with Gasteiger partial charge in [0, 0.05) is 10.8 Å². The largest absolute Gasteiger partial charge is 0.465 e. The zero-order valence-electron chi connectivity index (χ0n) is 17.3. The molecule has 1 aromatic rings. The standard InChI is InChI=1S/C21H31ClFNO3S/c1-6-9-18(21(26)27-12-13(4)5)28-19-11-17(16(23)10-15(19)22)24-20(25)14(7-2)8-3/h10-11,13-14,18H,6-9,12H2,1-5H3,(H,24,25). The Morgan fingerprint density at radius 1 is 1.21 bits per heavy atom. The second-order valence-electron chi connectivity index (χ2n) is 7.18. The normalized spacial score (nSPS) is 12.3. The first-order chi connectivity index (χ1) is 13.2. The minimum atomic E-state index is -0.594. The molecule has 0 heterocycles. The molecule has 0 saturated carbocycles. The lowest BCUT2D eigenvalue weighted by molar-refractivity contribution is -0.144. The van der Waals surface area contributed by atoms with E-state index in [0.29, 0.717) is 30.8 Å². The number of halogens is 2. The first-order valence-electron chi connectivity index (χ1n) is 9.86. The molecule has 0 spiro atoms. The SMILES string of the molecule is CCCC(Sc1cc(NC(=O)C(CC)CC)c(F)cc1Cl)C(=O)OCC(C)C. The Hall–Kier alpha value is -1.27. The zero-order valence-corrected chi connectivity index (χ0v) is 18.9. The molecule has 0 fully saturated rings. The summed E-state index contributed by atoms with van der Waals surface area (Å²) >= 11 is 7.45. The minimum Gasteiger partial charge on any atom is -0.465 e. The Balaban J connectivity index is 3.01. The first-order valence-corrected chi connectivity index (χ1v) is 11.1. The van der Waals surface area contributed by atoms with Crippen LogP contribution in [0.3, 0.4) is 0 Å². The molecule has 0 aliphatic carbocycles. The number of anilines is 1. The van der Waals surface area contributed by atoms with Crippen LogP contribution in [0.25, 0.3) is 0 Å². The maximum atomic E-state index is 14.3. The number of rotatable bonds is 11. The van der Waals surface area contributed by atoms with Gasteiger partial charge in [-0.15, -0.1) is 11.8 Å². The molecule has 1 aromatic carbocycles. The number of benzene rings is 1. The van der Waals surface area contributed by atoms with Crippen molar-refractivity contribution >= 4 is 40.9 Å². The van der Waals surface area contributed by atoms with Crippen molar-refractivity contribution in [1.29, 1.82) is 0 Å². The smallest absolute Gasteiger partial charge is 0.319 e. The Morgan fingerprint density at radius 2 is 1.86 bits per heavy atom. The summed E-state index contributed by atoms with van der Waals surface area (Å²) in [6.45, 7) is 10.1. The van der Waals surface area contributed by atoms with Crippen LogP contribution in [0.15, 0.2) is 17.0 Å². The minimum absolute atomic E-state index is 0.0783. The van der Waals surface area contributed by atoms with Gasteiger partial charge < -0.3 is 10.1 Å². The lowest BCUT2D eigenvalue weighted by atomic mass is 10.0. The van der Waals surface area contributed by atoms with Crippen LogP contribution in [-0.2, 0) is 14.3 Å². The van der Waals surface area contributed by atoms with Gasteiger partial charge in [0.05, 0.1) is 17.3 Å². The van der Waals surface area contributed by atoms with E-state index in [2.05, 4.69) is 5.32 Å². The van der Waals surface area contributed by atoms with Crippen molar-refractivity contribution in [3.8, 4) is 0 Å². The molecule has 0 saturated heterocycles. The second kappa shape index (κ2) is 12.3. The molecular weight excluding hydrogens is 401 g/mol. The van der Waals surface area contributed by atoms with Crippen LogP contribution < -0.4 is 5.32 Å². The predicted molar refractivity (Wildman–Crippen MR) is 114 cm³/mol. The first kappa shape index (κ1) is 24.8. The molecule has 1 N–H and O–H groups in total. The van der Waals surface area contributed by atoms with Crippen molar-refractivity contribution in [2.24, 2.45) is 11.8 Å². The molecule has 0 aliphatic heterocycles. The maximum Gasteiger partial charge on any atom is 0.319 e. The molecule has 158 valence electrons. The fourth-order valence-corrected chi connectivity index (χ4v) is 4.06. The molecule has 0 radical (unpaired) electrons. The number of esters is 1. The average Bonchev–Trinajstić information content (AvgIpc) is 2.63. The van der Waals surface area contributed by atoms with Crippen LogP contribution in [0.5, 0.6) is 0 Å². The summed E-state index contributed by atoms with van der Waals surface area (Å²) in [6.07, 6.45) is 2.77. The van der Waals surface area contributed by atoms with E-state index in [1.54, 1.807) is 0 Å². The van der Waals surface area contributed by atoms with Crippen molar-refractivity contribution in [3.63, 3.8) is 0 Å². The third-order valence-electron chi connectivity index (χ3n) is 4.28. The Bertz CT molecular complexity index is 665. The van der Waals surface area contributed by atoms with Crippen LogP contribution in [0.2, 0.25) is 5.02 Å². The number of nitrogens with one attached hydrogen (secondary N) is 1. The van der Waals surface area contributed by atoms with Gasteiger partial charge >= 0.3 is 5.97 Å². The summed E-state index contributed by atoms with van der Waals surface area (Å²) in [5.41, 5.74) is 0.0783. The molecule has 7 heteroatoms. The van der Waals surface area contributed by atoms with E-state index in [0.717, 1.165) is 6.42 Å². The van der Waals surface area contributed by atoms with Gasteiger partial charge in [-0.3, -0.25) is 9.59 Å². The number of amides is 1. The molecule has 0 bridgehead atoms. The number of carbonyl (C=O) groups excluding carboxylic acids is 2. The molecule has 1 atom stereocenters. The zero-order chi connectivity index (χ0) is 21.3. The Morgan fingerprint density at radius 3 is 2.39 bits per heavy atom. The Kier molecular flexibility index (Phi) is 10.9. The van der Waals surface area contributed by atoms with E-state index in [-0.39, 0.29) is 34.4 Å². The van der Waals surface area contributed by atoms with Crippen molar-refractivity contribution in [1.82, 2.24) is 0 Å². The van der Waals surface area contributed by atoms with Crippen molar-refractivity contribution in [2.75, 3.05) is 11.9 Å². The summed E-state index contributed by atoms with van der Waals surface area (Å²) in [5.74, 6) is -1.04. The highest BCUT2D eigenvalue weighted by Crippen LogP contribution is 2.36. The lowest BCUT2D eigenvalue weighted by Crippen LogP contribution is -2.23. The highest BCUT2D eigenvalue weighted by molar-refractivity contribution is 8.00. The van der Waals surface area contributed by atoms with Gasteiger partial charge in [-0.25, -0.2) is 4.39 Å². The topological polar surface area (TPSA) is 55.4 Å². The van der Waals surface area contributed by atoms with Gasteiger partial charge in [0.25, 0.3) is 0 Å². The molecule has 28 heavy (non-hydrogen) atoms. The van der Waals surface area contributed by atoms with Gasteiger partial charge in [-0.2, -0.15) is 0 Å². The number of thioether (sulfide) groups is 1. The molecule has 1 rings (SSSR count). The van der Waals surface area contributed by atoms with Gasteiger partial charge in [0.1, 0.15) is 11.1 Å². The highest BCUT2D eigenvalue weighted by atomic mass is 35.5. The predicted octanol–water partition coefficient (Wildman–Crippen LogP) is 6.31. The number of hydrogen-bond acceptors (Lipinski definition) is 4. The quantitative estimate of drug-likeness (QED) is 0.329. The van der Waals surface area contributed by atoms with E-state index in [1.165, 1.54) is 23.9 Å². The van der Waals surface area contributed by atoms with Gasteiger partial charge in [0.2, 0.25) is 5.91 Å². The summed E-state index contributed by atoms with van der Waals surface area (Å²) in [5, 5.41) is 2.43.